The van der Waals surface area contributed by atoms with Crippen molar-refractivity contribution in [3.63, 3.8) is 0 Å². The summed E-state index contributed by atoms with van der Waals surface area (Å²) in [7, 11) is 1.56. The number of aromatic hydroxyl groups is 1. The highest BCUT2D eigenvalue weighted by atomic mass is 35.5. The number of hydrogen-bond donors (Lipinski definition) is 2. The Morgan fingerprint density at radius 1 is 1.56 bits per heavy atom. The van der Waals surface area contributed by atoms with Crippen molar-refractivity contribution in [2.75, 3.05) is 7.11 Å². The van der Waals surface area contributed by atoms with Crippen molar-refractivity contribution in [3.8, 4) is 11.5 Å². The van der Waals surface area contributed by atoms with Gasteiger partial charge in [-0.2, -0.15) is 0 Å². The normalized spacial score (nSPS) is 11.4. The van der Waals surface area contributed by atoms with Crippen molar-refractivity contribution in [2.24, 2.45) is 5.73 Å². The van der Waals surface area contributed by atoms with Gasteiger partial charge in [-0.25, -0.2) is 0 Å². The van der Waals surface area contributed by atoms with E-state index < -0.39 is 0 Å². The average Bonchev–Trinajstić information content (AvgIpc) is 2.16. The second kappa shape index (κ2) is 6.40. The van der Waals surface area contributed by atoms with Gasteiger partial charge in [0.25, 0.3) is 0 Å². The molecule has 0 aliphatic heterocycles. The first-order valence-electron chi connectivity index (χ1n) is 4.81. The van der Waals surface area contributed by atoms with Gasteiger partial charge in [0.05, 0.1) is 7.11 Å². The Kier molecular flexibility index (Phi) is 5.93. The van der Waals surface area contributed by atoms with Gasteiger partial charge in [-0.15, -0.1) is 19.0 Å². The van der Waals surface area contributed by atoms with Gasteiger partial charge in [0, 0.05) is 17.7 Å². The molecule has 0 aromatic heterocycles. The Bertz CT molecular complexity index is 366. The van der Waals surface area contributed by atoms with Crippen LogP contribution in [0.5, 0.6) is 11.5 Å². The molecule has 0 heterocycles. The maximum absolute atomic E-state index is 9.72. The first-order chi connectivity index (χ1) is 7.04. The van der Waals surface area contributed by atoms with Gasteiger partial charge < -0.3 is 15.6 Å². The van der Waals surface area contributed by atoms with Crippen LogP contribution in [0.15, 0.2) is 30.4 Å². The summed E-state index contributed by atoms with van der Waals surface area (Å²) in [5.41, 5.74) is 7.65. The fourth-order valence-electron chi connectivity index (χ4n) is 1.45. The monoisotopic (exact) mass is 243 g/mol. The molecule has 1 aromatic carbocycles. The number of methoxy groups -OCH3 is 1. The maximum atomic E-state index is 9.72. The summed E-state index contributed by atoms with van der Waals surface area (Å²) in [6.07, 6.45) is 0.667. The molecule has 3 nitrogen and oxygen atoms in total. The number of nitrogens with two attached hydrogens (primary N) is 1. The summed E-state index contributed by atoms with van der Waals surface area (Å²) in [6.45, 7) is 5.71. The molecule has 4 heteroatoms. The molecular weight excluding hydrogens is 226 g/mol. The maximum Gasteiger partial charge on any atom is 0.124 e. The number of ether oxygens (including phenoxy) is 1. The molecule has 0 amide bonds. The van der Waals surface area contributed by atoms with Gasteiger partial charge in [0.1, 0.15) is 11.5 Å². The third-order valence-electron chi connectivity index (χ3n) is 2.21. The number of hydrogen-bond acceptors (Lipinski definition) is 3. The van der Waals surface area contributed by atoms with E-state index in [0.29, 0.717) is 12.2 Å². The van der Waals surface area contributed by atoms with Crippen molar-refractivity contribution >= 4 is 12.4 Å². The molecule has 0 saturated carbocycles. The van der Waals surface area contributed by atoms with Crippen LogP contribution in [-0.4, -0.2) is 12.2 Å². The minimum atomic E-state index is -0.214. The van der Waals surface area contributed by atoms with E-state index in [-0.39, 0.29) is 24.2 Å². The van der Waals surface area contributed by atoms with Crippen molar-refractivity contribution in [1.82, 2.24) is 0 Å². The molecule has 1 aromatic rings. The summed E-state index contributed by atoms with van der Waals surface area (Å²) in [5.74, 6) is 0.793. The third-order valence-corrected chi connectivity index (χ3v) is 2.21. The molecular formula is C12H18ClNO2. The van der Waals surface area contributed by atoms with Crippen molar-refractivity contribution in [3.05, 3.63) is 35.9 Å². The zero-order valence-corrected chi connectivity index (χ0v) is 10.4. The molecule has 0 fully saturated rings. The van der Waals surface area contributed by atoms with E-state index in [0.717, 1.165) is 11.1 Å². The molecule has 1 rings (SSSR count). The molecule has 3 N–H and O–H groups in total. The molecule has 0 unspecified atom stereocenters. The Morgan fingerprint density at radius 2 is 2.19 bits per heavy atom. The van der Waals surface area contributed by atoms with E-state index in [1.807, 2.05) is 6.92 Å². The van der Waals surface area contributed by atoms with Gasteiger partial charge in [-0.3, -0.25) is 0 Å². The lowest BCUT2D eigenvalue weighted by Gasteiger charge is -2.14. The number of phenols is 1. The highest BCUT2D eigenvalue weighted by Gasteiger charge is 2.11. The molecule has 0 bridgehead atoms. The number of phenolic OH excluding ortho intramolecular Hbond substituents is 1. The van der Waals surface area contributed by atoms with Crippen LogP contribution in [0, 0.1) is 0 Å². The quantitative estimate of drug-likeness (QED) is 0.800. The first kappa shape index (κ1) is 14.8. The largest absolute Gasteiger partial charge is 0.507 e. The second-order valence-corrected chi connectivity index (χ2v) is 3.69. The van der Waals surface area contributed by atoms with Gasteiger partial charge >= 0.3 is 0 Å². The summed E-state index contributed by atoms with van der Waals surface area (Å²) in [5, 5.41) is 9.72. The van der Waals surface area contributed by atoms with Gasteiger partial charge in [0.2, 0.25) is 0 Å². The molecule has 16 heavy (non-hydrogen) atoms. The summed E-state index contributed by atoms with van der Waals surface area (Å²) >= 11 is 0. The minimum absolute atomic E-state index is 0. The topological polar surface area (TPSA) is 55.5 Å². The van der Waals surface area contributed by atoms with E-state index in [4.69, 9.17) is 10.5 Å². The van der Waals surface area contributed by atoms with Crippen LogP contribution >= 0.6 is 12.4 Å². The zero-order chi connectivity index (χ0) is 11.4. The van der Waals surface area contributed by atoms with Crippen LogP contribution in [0.1, 0.15) is 24.9 Å². The van der Waals surface area contributed by atoms with Crippen LogP contribution in [0.2, 0.25) is 0 Å². The first-order valence-corrected chi connectivity index (χ1v) is 4.81. The minimum Gasteiger partial charge on any atom is -0.507 e. The standard InChI is InChI=1S/C12H17NO2.ClH/c1-8(2)6-11(13)10-5-4-9(15-3)7-12(10)14;/h4-5,7,11,14H,1,6,13H2,2-3H3;1H/t11-;/m0./s1. The summed E-state index contributed by atoms with van der Waals surface area (Å²) in [4.78, 5) is 0. The Hall–Kier alpha value is -1.19. The number of halogens is 1. The fourth-order valence-corrected chi connectivity index (χ4v) is 1.45. The van der Waals surface area contributed by atoms with Crippen LogP contribution in [-0.2, 0) is 0 Å². The van der Waals surface area contributed by atoms with E-state index in [1.54, 1.807) is 25.3 Å². The van der Waals surface area contributed by atoms with E-state index in [1.165, 1.54) is 0 Å². The Morgan fingerprint density at radius 3 is 2.62 bits per heavy atom. The van der Waals surface area contributed by atoms with E-state index in [2.05, 4.69) is 6.58 Å². The van der Waals surface area contributed by atoms with Crippen LogP contribution in [0.3, 0.4) is 0 Å². The van der Waals surface area contributed by atoms with Crippen molar-refractivity contribution in [2.45, 2.75) is 19.4 Å². The molecule has 0 aliphatic rings. The summed E-state index contributed by atoms with van der Waals surface area (Å²) in [6, 6.07) is 4.91. The third kappa shape index (κ3) is 3.76. The second-order valence-electron chi connectivity index (χ2n) is 3.69. The predicted octanol–water partition coefficient (Wildman–Crippen LogP) is 2.79. The Balaban J connectivity index is 0.00000225. The van der Waals surface area contributed by atoms with Crippen LogP contribution in [0.25, 0.3) is 0 Å². The van der Waals surface area contributed by atoms with Gasteiger partial charge in [-0.1, -0.05) is 11.6 Å². The zero-order valence-electron chi connectivity index (χ0n) is 9.56. The molecule has 0 saturated heterocycles. The average molecular weight is 244 g/mol. The van der Waals surface area contributed by atoms with Gasteiger partial charge in [-0.05, 0) is 19.4 Å². The SMILES string of the molecule is C=C(C)C[C@H](N)c1ccc(OC)cc1O.Cl. The highest BCUT2D eigenvalue weighted by molar-refractivity contribution is 5.85. The predicted molar refractivity (Wildman–Crippen MR) is 68.3 cm³/mol. The van der Waals surface area contributed by atoms with E-state index in [9.17, 15) is 5.11 Å². The molecule has 0 spiro atoms. The molecule has 1 atom stereocenters. The van der Waals surface area contributed by atoms with Crippen molar-refractivity contribution in [1.29, 1.82) is 0 Å². The lowest BCUT2D eigenvalue weighted by molar-refractivity contribution is 0.405. The lowest BCUT2D eigenvalue weighted by Crippen LogP contribution is -2.10. The molecule has 0 radical (unpaired) electrons. The number of rotatable bonds is 4. The lowest BCUT2D eigenvalue weighted by atomic mass is 10.0. The van der Waals surface area contributed by atoms with Gasteiger partial charge in [0.15, 0.2) is 0 Å². The number of benzene rings is 1. The molecule has 0 aliphatic carbocycles. The Labute approximate surface area is 102 Å². The van der Waals surface area contributed by atoms with Crippen LogP contribution in [0.4, 0.5) is 0 Å². The highest BCUT2D eigenvalue weighted by Crippen LogP contribution is 2.29. The summed E-state index contributed by atoms with van der Waals surface area (Å²) < 4.78 is 4.99. The smallest absolute Gasteiger partial charge is 0.124 e. The van der Waals surface area contributed by atoms with Crippen molar-refractivity contribution < 1.29 is 9.84 Å². The van der Waals surface area contributed by atoms with Crippen LogP contribution < -0.4 is 10.5 Å². The van der Waals surface area contributed by atoms with E-state index >= 15 is 0 Å². The fraction of sp³-hybridized carbons (Fsp3) is 0.333. The molecule has 90 valence electrons.